The third-order valence-corrected chi connectivity index (χ3v) is 3.70. The quantitative estimate of drug-likeness (QED) is 0.797. The van der Waals surface area contributed by atoms with Gasteiger partial charge in [0.2, 0.25) is 0 Å². The van der Waals surface area contributed by atoms with Crippen molar-refractivity contribution in [3.05, 3.63) is 35.4 Å². The summed E-state index contributed by atoms with van der Waals surface area (Å²) in [6.07, 6.45) is 0. The molecule has 0 heterocycles. The van der Waals surface area contributed by atoms with Gasteiger partial charge in [-0.3, -0.25) is 9.59 Å². The van der Waals surface area contributed by atoms with E-state index in [1.54, 1.807) is 4.90 Å². The third-order valence-electron chi connectivity index (χ3n) is 3.70. The van der Waals surface area contributed by atoms with Gasteiger partial charge < -0.3 is 4.90 Å². The number of benzene rings is 1. The maximum atomic E-state index is 12.2. The maximum Gasteiger partial charge on any atom is 0.253 e. The van der Waals surface area contributed by atoms with E-state index in [0.29, 0.717) is 18.7 Å². The monoisotopic (exact) mass is 275 g/mol. The number of Topliss-reactive ketones (excluding diaryl/α,β-unsaturated/α-hetero) is 1. The summed E-state index contributed by atoms with van der Waals surface area (Å²) >= 11 is 0. The molecule has 1 atom stereocenters. The molecule has 1 rings (SSSR count). The normalized spacial score (nSPS) is 12.3. The SMILES string of the molecule is CCN(CC)C(=O)c1ccc(C(C)C(=O)C(C)C)cc1. The summed E-state index contributed by atoms with van der Waals surface area (Å²) in [7, 11) is 0. The van der Waals surface area contributed by atoms with Crippen molar-refractivity contribution < 1.29 is 9.59 Å². The molecule has 0 aliphatic heterocycles. The Hall–Kier alpha value is -1.64. The summed E-state index contributed by atoms with van der Waals surface area (Å²) in [4.78, 5) is 26.0. The van der Waals surface area contributed by atoms with E-state index in [-0.39, 0.29) is 23.5 Å². The molecule has 1 aromatic carbocycles. The first kappa shape index (κ1) is 16.4. The lowest BCUT2D eigenvalue weighted by molar-refractivity contribution is -0.123. The van der Waals surface area contributed by atoms with Crippen LogP contribution in [0.25, 0.3) is 0 Å². The minimum absolute atomic E-state index is 0.0296. The highest BCUT2D eigenvalue weighted by Crippen LogP contribution is 2.20. The Morgan fingerprint density at radius 1 is 1.00 bits per heavy atom. The molecule has 0 saturated heterocycles. The molecule has 0 spiro atoms. The van der Waals surface area contributed by atoms with Crippen LogP contribution in [0.15, 0.2) is 24.3 Å². The van der Waals surface area contributed by atoms with Gasteiger partial charge in [-0.2, -0.15) is 0 Å². The predicted octanol–water partition coefficient (Wildman–Crippen LogP) is 3.50. The minimum Gasteiger partial charge on any atom is -0.339 e. The summed E-state index contributed by atoms with van der Waals surface area (Å²) < 4.78 is 0. The number of ketones is 1. The van der Waals surface area contributed by atoms with Crippen molar-refractivity contribution in [2.75, 3.05) is 13.1 Å². The molecular weight excluding hydrogens is 250 g/mol. The zero-order chi connectivity index (χ0) is 15.3. The summed E-state index contributed by atoms with van der Waals surface area (Å²) in [5.41, 5.74) is 1.65. The predicted molar refractivity (Wildman–Crippen MR) is 82.0 cm³/mol. The Morgan fingerprint density at radius 3 is 1.90 bits per heavy atom. The molecule has 1 aromatic rings. The van der Waals surface area contributed by atoms with E-state index in [9.17, 15) is 9.59 Å². The second-order valence-corrected chi connectivity index (χ2v) is 5.38. The van der Waals surface area contributed by atoms with Crippen LogP contribution in [0.5, 0.6) is 0 Å². The molecule has 0 aromatic heterocycles. The number of amides is 1. The first-order chi connectivity index (χ1) is 9.42. The van der Waals surface area contributed by atoms with Crippen molar-refractivity contribution in [3.63, 3.8) is 0 Å². The Balaban J connectivity index is 2.89. The standard InChI is InChI=1S/C17H25NO2/c1-6-18(7-2)17(20)15-10-8-14(9-11-15)13(5)16(19)12(3)4/h8-13H,6-7H2,1-5H3. The highest BCUT2D eigenvalue weighted by Gasteiger charge is 2.19. The molecular formula is C17H25NO2. The van der Waals surface area contributed by atoms with Gasteiger partial charge in [0.1, 0.15) is 5.78 Å². The fourth-order valence-electron chi connectivity index (χ4n) is 2.27. The molecule has 0 radical (unpaired) electrons. The van der Waals surface area contributed by atoms with Gasteiger partial charge in [0, 0.05) is 30.5 Å². The number of hydrogen-bond donors (Lipinski definition) is 0. The van der Waals surface area contributed by atoms with E-state index < -0.39 is 0 Å². The highest BCUT2D eigenvalue weighted by molar-refractivity contribution is 5.94. The second kappa shape index (κ2) is 7.22. The minimum atomic E-state index is -0.118. The Kier molecular flexibility index (Phi) is 5.93. The molecule has 0 saturated carbocycles. The average molecular weight is 275 g/mol. The average Bonchev–Trinajstić information content (AvgIpc) is 2.46. The van der Waals surface area contributed by atoms with Crippen molar-refractivity contribution >= 4 is 11.7 Å². The molecule has 0 bridgehead atoms. The Morgan fingerprint density at radius 2 is 1.50 bits per heavy atom. The lowest BCUT2D eigenvalue weighted by atomic mass is 9.90. The number of rotatable bonds is 6. The number of carbonyl (C=O) groups excluding carboxylic acids is 2. The lowest BCUT2D eigenvalue weighted by Gasteiger charge is -2.19. The van der Waals surface area contributed by atoms with Crippen molar-refractivity contribution in [2.45, 2.75) is 40.5 Å². The van der Waals surface area contributed by atoms with Crippen molar-refractivity contribution in [1.82, 2.24) is 4.90 Å². The van der Waals surface area contributed by atoms with Gasteiger partial charge in [0.15, 0.2) is 0 Å². The second-order valence-electron chi connectivity index (χ2n) is 5.38. The van der Waals surface area contributed by atoms with Gasteiger partial charge in [-0.25, -0.2) is 0 Å². The fourth-order valence-corrected chi connectivity index (χ4v) is 2.27. The van der Waals surface area contributed by atoms with Gasteiger partial charge in [0.25, 0.3) is 5.91 Å². The van der Waals surface area contributed by atoms with Crippen LogP contribution >= 0.6 is 0 Å². The van der Waals surface area contributed by atoms with Gasteiger partial charge in [0.05, 0.1) is 0 Å². The van der Waals surface area contributed by atoms with Gasteiger partial charge in [-0.1, -0.05) is 32.9 Å². The third kappa shape index (κ3) is 3.69. The summed E-state index contributed by atoms with van der Waals surface area (Å²) in [6.45, 7) is 11.1. The molecule has 0 aliphatic rings. The van der Waals surface area contributed by atoms with E-state index in [4.69, 9.17) is 0 Å². The summed E-state index contributed by atoms with van der Waals surface area (Å²) in [5.74, 6) is 0.187. The van der Waals surface area contributed by atoms with Crippen LogP contribution in [0, 0.1) is 5.92 Å². The van der Waals surface area contributed by atoms with Crippen LogP contribution in [0.1, 0.15) is 56.5 Å². The first-order valence-corrected chi connectivity index (χ1v) is 7.35. The first-order valence-electron chi connectivity index (χ1n) is 7.35. The summed E-state index contributed by atoms with van der Waals surface area (Å²) in [6, 6.07) is 7.42. The molecule has 0 fully saturated rings. The van der Waals surface area contributed by atoms with Crippen molar-refractivity contribution in [3.8, 4) is 0 Å². The van der Waals surface area contributed by atoms with Crippen LogP contribution in [0.4, 0.5) is 0 Å². The molecule has 1 amide bonds. The molecule has 0 N–H and O–H groups in total. The zero-order valence-corrected chi connectivity index (χ0v) is 13.1. The van der Waals surface area contributed by atoms with Crippen molar-refractivity contribution in [2.24, 2.45) is 5.92 Å². The fraction of sp³-hybridized carbons (Fsp3) is 0.529. The zero-order valence-electron chi connectivity index (χ0n) is 13.1. The highest BCUT2D eigenvalue weighted by atomic mass is 16.2. The van der Waals surface area contributed by atoms with Crippen molar-refractivity contribution in [1.29, 1.82) is 0 Å². The van der Waals surface area contributed by atoms with E-state index in [0.717, 1.165) is 5.56 Å². The van der Waals surface area contributed by atoms with Crippen LogP contribution < -0.4 is 0 Å². The van der Waals surface area contributed by atoms with Crippen LogP contribution in [0.2, 0.25) is 0 Å². The van der Waals surface area contributed by atoms with Crippen LogP contribution in [-0.2, 0) is 4.79 Å². The smallest absolute Gasteiger partial charge is 0.253 e. The maximum absolute atomic E-state index is 12.2. The number of hydrogen-bond acceptors (Lipinski definition) is 2. The van der Waals surface area contributed by atoms with Gasteiger partial charge >= 0.3 is 0 Å². The molecule has 1 unspecified atom stereocenters. The molecule has 3 heteroatoms. The van der Waals surface area contributed by atoms with E-state index in [1.807, 2.05) is 58.9 Å². The van der Waals surface area contributed by atoms with E-state index >= 15 is 0 Å². The number of carbonyl (C=O) groups is 2. The van der Waals surface area contributed by atoms with Gasteiger partial charge in [-0.05, 0) is 31.5 Å². The van der Waals surface area contributed by atoms with Crippen LogP contribution in [-0.4, -0.2) is 29.7 Å². The molecule has 110 valence electrons. The number of nitrogens with zero attached hydrogens (tertiary/aromatic N) is 1. The molecule has 0 aliphatic carbocycles. The Labute approximate surface area is 122 Å². The lowest BCUT2D eigenvalue weighted by Crippen LogP contribution is -2.30. The summed E-state index contributed by atoms with van der Waals surface area (Å²) in [5, 5.41) is 0. The Bertz CT molecular complexity index is 458. The molecule has 20 heavy (non-hydrogen) atoms. The van der Waals surface area contributed by atoms with E-state index in [2.05, 4.69) is 0 Å². The topological polar surface area (TPSA) is 37.4 Å². The largest absolute Gasteiger partial charge is 0.339 e. The molecule has 3 nitrogen and oxygen atoms in total. The van der Waals surface area contributed by atoms with E-state index in [1.165, 1.54) is 0 Å². The van der Waals surface area contributed by atoms with Crippen LogP contribution in [0.3, 0.4) is 0 Å². The van der Waals surface area contributed by atoms with Gasteiger partial charge in [-0.15, -0.1) is 0 Å².